The first-order valence-electron chi connectivity index (χ1n) is 4.54. The Hall–Kier alpha value is -0.220. The molecule has 4 heteroatoms. The Morgan fingerprint density at radius 2 is 2.15 bits per heavy atom. The van der Waals surface area contributed by atoms with Crippen LogP contribution in [0.4, 0.5) is 0 Å². The smallest absolute Gasteiger partial charge is 0.307 e. The zero-order valence-electron chi connectivity index (χ0n) is 8.59. The topological polar surface area (TPSA) is 38.3 Å². The van der Waals surface area contributed by atoms with Gasteiger partial charge in [0.2, 0.25) is 0 Å². The van der Waals surface area contributed by atoms with Crippen molar-refractivity contribution in [2.45, 2.75) is 31.9 Å². The summed E-state index contributed by atoms with van der Waals surface area (Å²) >= 11 is 4.34. The Labute approximate surface area is 85.6 Å². The average molecular weight is 205 g/mol. The van der Waals surface area contributed by atoms with Crippen LogP contribution in [0.2, 0.25) is 0 Å². The van der Waals surface area contributed by atoms with Crippen LogP contribution >= 0.6 is 12.6 Å². The van der Waals surface area contributed by atoms with Crippen LogP contribution in [0.15, 0.2) is 0 Å². The molecule has 13 heavy (non-hydrogen) atoms. The summed E-state index contributed by atoms with van der Waals surface area (Å²) in [5.74, 6) is -0.146. The second kappa shape index (κ2) is 6.27. The van der Waals surface area contributed by atoms with Gasteiger partial charge in [0.1, 0.15) is 0 Å². The van der Waals surface area contributed by atoms with E-state index in [9.17, 15) is 4.79 Å². The molecule has 0 aliphatic carbocycles. The summed E-state index contributed by atoms with van der Waals surface area (Å²) < 4.78 is 4.74. The molecular weight excluding hydrogens is 186 g/mol. The zero-order valence-corrected chi connectivity index (χ0v) is 9.49. The minimum Gasteiger partial charge on any atom is -0.466 e. The Morgan fingerprint density at radius 3 is 2.62 bits per heavy atom. The molecule has 0 aromatic rings. The van der Waals surface area contributed by atoms with Gasteiger partial charge in [-0.2, -0.15) is 12.6 Å². The highest BCUT2D eigenvalue weighted by atomic mass is 32.1. The van der Waals surface area contributed by atoms with Crippen molar-refractivity contribution in [2.24, 2.45) is 0 Å². The maximum atomic E-state index is 10.9. The van der Waals surface area contributed by atoms with Crippen LogP contribution in [-0.4, -0.2) is 30.4 Å². The van der Waals surface area contributed by atoms with Crippen molar-refractivity contribution in [3.8, 4) is 0 Å². The summed E-state index contributed by atoms with van der Waals surface area (Å²) in [5.41, 5.74) is 0. The summed E-state index contributed by atoms with van der Waals surface area (Å²) in [5, 5.41) is 3.14. The number of esters is 1. The van der Waals surface area contributed by atoms with Gasteiger partial charge in [0, 0.05) is 17.8 Å². The van der Waals surface area contributed by atoms with Crippen LogP contribution in [-0.2, 0) is 9.53 Å². The summed E-state index contributed by atoms with van der Waals surface area (Å²) in [7, 11) is 0. The lowest BCUT2D eigenvalue weighted by atomic mass is 10.2. The molecule has 78 valence electrons. The fraction of sp³-hybridized carbons (Fsp3) is 0.889. The van der Waals surface area contributed by atoms with E-state index in [4.69, 9.17) is 4.74 Å². The third-order valence-corrected chi connectivity index (χ3v) is 1.53. The van der Waals surface area contributed by atoms with E-state index in [2.05, 4.69) is 17.9 Å². The predicted molar refractivity (Wildman–Crippen MR) is 57.2 cm³/mol. The number of hydrogen-bond acceptors (Lipinski definition) is 4. The molecule has 0 heterocycles. The van der Waals surface area contributed by atoms with E-state index in [-0.39, 0.29) is 10.7 Å². The van der Waals surface area contributed by atoms with Crippen LogP contribution in [0, 0.1) is 0 Å². The first-order valence-corrected chi connectivity index (χ1v) is 4.99. The predicted octanol–water partition coefficient (Wildman–Crippen LogP) is 1.24. The number of carbonyl (C=O) groups is 1. The monoisotopic (exact) mass is 205 g/mol. The Balaban J connectivity index is 3.31. The Kier molecular flexibility index (Phi) is 6.16. The lowest BCUT2D eigenvalue weighted by Crippen LogP contribution is -2.31. The summed E-state index contributed by atoms with van der Waals surface area (Å²) in [4.78, 5) is 10.9. The molecule has 0 bridgehead atoms. The highest BCUT2D eigenvalue weighted by molar-refractivity contribution is 7.81. The van der Waals surface area contributed by atoms with Gasteiger partial charge in [-0.05, 0) is 20.8 Å². The molecule has 0 saturated heterocycles. The molecule has 0 rings (SSSR count). The van der Waals surface area contributed by atoms with E-state index in [1.54, 1.807) is 0 Å². The summed E-state index contributed by atoms with van der Waals surface area (Å²) in [6.45, 7) is 7.75. The molecule has 0 unspecified atom stereocenters. The number of hydrogen-bond donors (Lipinski definition) is 2. The van der Waals surface area contributed by atoms with Crippen molar-refractivity contribution >= 4 is 18.6 Å². The molecule has 0 radical (unpaired) electrons. The van der Waals surface area contributed by atoms with E-state index in [1.807, 2.05) is 20.8 Å². The Bertz CT molecular complexity index is 154. The van der Waals surface area contributed by atoms with Gasteiger partial charge in [-0.3, -0.25) is 4.79 Å². The van der Waals surface area contributed by atoms with Gasteiger partial charge in [0.25, 0.3) is 0 Å². The molecule has 0 atom stereocenters. The number of thiol groups is 1. The van der Waals surface area contributed by atoms with Crippen molar-refractivity contribution < 1.29 is 9.53 Å². The lowest BCUT2D eigenvalue weighted by molar-refractivity contribution is -0.142. The van der Waals surface area contributed by atoms with Crippen LogP contribution in [0.1, 0.15) is 27.2 Å². The van der Waals surface area contributed by atoms with Crippen LogP contribution in [0.5, 0.6) is 0 Å². The van der Waals surface area contributed by atoms with Crippen molar-refractivity contribution in [1.82, 2.24) is 5.32 Å². The van der Waals surface area contributed by atoms with Crippen molar-refractivity contribution in [3.63, 3.8) is 0 Å². The maximum Gasteiger partial charge on any atom is 0.307 e. The highest BCUT2D eigenvalue weighted by Gasteiger charge is 2.10. The second-order valence-electron chi connectivity index (χ2n) is 3.54. The van der Waals surface area contributed by atoms with E-state index in [0.29, 0.717) is 19.6 Å². The molecule has 3 nitrogen and oxygen atoms in total. The largest absolute Gasteiger partial charge is 0.466 e. The van der Waals surface area contributed by atoms with Crippen LogP contribution < -0.4 is 5.32 Å². The minimum atomic E-state index is -0.146. The average Bonchev–Trinajstić information content (AvgIpc) is 1.97. The highest BCUT2D eigenvalue weighted by Crippen LogP contribution is 2.08. The van der Waals surface area contributed by atoms with Crippen molar-refractivity contribution in [2.75, 3.05) is 19.7 Å². The SMILES string of the molecule is CCOC(=O)CCNCC(C)(C)S. The first kappa shape index (κ1) is 12.8. The fourth-order valence-electron chi connectivity index (χ4n) is 0.818. The maximum absolute atomic E-state index is 10.9. The van der Waals surface area contributed by atoms with Gasteiger partial charge in [-0.25, -0.2) is 0 Å². The van der Waals surface area contributed by atoms with E-state index in [1.165, 1.54) is 0 Å². The third kappa shape index (κ3) is 9.70. The van der Waals surface area contributed by atoms with Gasteiger partial charge < -0.3 is 10.1 Å². The summed E-state index contributed by atoms with van der Waals surface area (Å²) in [6.07, 6.45) is 0.428. The number of ether oxygens (including phenoxy) is 1. The van der Waals surface area contributed by atoms with Crippen molar-refractivity contribution in [1.29, 1.82) is 0 Å². The van der Waals surface area contributed by atoms with Gasteiger partial charge in [0.05, 0.1) is 13.0 Å². The molecule has 0 aliphatic heterocycles. The molecule has 0 fully saturated rings. The fourth-order valence-corrected chi connectivity index (χ4v) is 0.930. The summed E-state index contributed by atoms with van der Waals surface area (Å²) in [6, 6.07) is 0. The second-order valence-corrected chi connectivity index (χ2v) is 4.75. The van der Waals surface area contributed by atoms with E-state index >= 15 is 0 Å². The van der Waals surface area contributed by atoms with Gasteiger partial charge in [-0.15, -0.1) is 0 Å². The van der Waals surface area contributed by atoms with Gasteiger partial charge in [0.15, 0.2) is 0 Å². The molecule has 1 N–H and O–H groups in total. The molecule has 0 aromatic heterocycles. The first-order chi connectivity index (χ1) is 5.95. The normalized spacial score (nSPS) is 11.4. The molecule has 0 aromatic carbocycles. The van der Waals surface area contributed by atoms with Gasteiger partial charge in [-0.1, -0.05) is 0 Å². The quantitative estimate of drug-likeness (QED) is 0.389. The Morgan fingerprint density at radius 1 is 1.54 bits per heavy atom. The number of nitrogens with one attached hydrogen (secondary N) is 1. The minimum absolute atomic E-state index is 0.0331. The van der Waals surface area contributed by atoms with E-state index < -0.39 is 0 Å². The van der Waals surface area contributed by atoms with Crippen LogP contribution in [0.25, 0.3) is 0 Å². The molecule has 0 aliphatic rings. The van der Waals surface area contributed by atoms with Crippen LogP contribution in [0.3, 0.4) is 0 Å². The van der Waals surface area contributed by atoms with E-state index in [0.717, 1.165) is 6.54 Å². The standard InChI is InChI=1S/C9H19NO2S/c1-4-12-8(11)5-6-10-7-9(2,3)13/h10,13H,4-7H2,1-3H3. The third-order valence-electron chi connectivity index (χ3n) is 1.37. The zero-order chi connectivity index (χ0) is 10.3. The molecule has 0 amide bonds. The van der Waals surface area contributed by atoms with Gasteiger partial charge >= 0.3 is 5.97 Å². The molecule has 0 saturated carbocycles. The number of carbonyl (C=O) groups excluding carboxylic acids is 1. The van der Waals surface area contributed by atoms with Crippen molar-refractivity contribution in [3.05, 3.63) is 0 Å². The molecular formula is C9H19NO2S. The lowest BCUT2D eigenvalue weighted by Gasteiger charge is -2.17. The molecule has 0 spiro atoms. The number of rotatable bonds is 6.